The van der Waals surface area contributed by atoms with Crippen molar-refractivity contribution in [3.8, 4) is 0 Å². The van der Waals surface area contributed by atoms with Gasteiger partial charge in [-0.15, -0.1) is 11.8 Å². The lowest BCUT2D eigenvalue weighted by molar-refractivity contribution is -0.137. The standard InChI is InChI=1S/C14H18N2O2S/c1-9-6-4-5-7-11(9)14-16(12(17)8-19-14)10(2)13(18)15-3/h4-7,10,14H,8H2,1-3H3,(H,15,18). The number of nitrogens with zero attached hydrogens (tertiary/aromatic N) is 1. The van der Waals surface area contributed by atoms with E-state index in [1.165, 1.54) is 0 Å². The number of benzene rings is 1. The maximum atomic E-state index is 12.1. The second kappa shape index (κ2) is 5.65. The molecule has 1 aromatic rings. The predicted octanol–water partition coefficient (Wildman–Crippen LogP) is 1.70. The fourth-order valence-electron chi connectivity index (χ4n) is 2.29. The number of amides is 2. The molecule has 1 saturated heterocycles. The Balaban J connectivity index is 2.32. The van der Waals surface area contributed by atoms with Crippen molar-refractivity contribution < 1.29 is 9.59 Å². The van der Waals surface area contributed by atoms with Gasteiger partial charge in [0.05, 0.1) is 5.75 Å². The molecule has 1 aliphatic rings. The monoisotopic (exact) mass is 278 g/mol. The molecule has 0 radical (unpaired) electrons. The zero-order chi connectivity index (χ0) is 14.0. The van der Waals surface area contributed by atoms with Crippen LogP contribution in [0.4, 0.5) is 0 Å². The van der Waals surface area contributed by atoms with Gasteiger partial charge in [-0.05, 0) is 25.0 Å². The number of rotatable bonds is 3. The number of thioether (sulfide) groups is 1. The molecular weight excluding hydrogens is 260 g/mol. The van der Waals surface area contributed by atoms with Crippen molar-refractivity contribution in [3.63, 3.8) is 0 Å². The number of carbonyl (C=O) groups is 2. The van der Waals surface area contributed by atoms with Crippen LogP contribution < -0.4 is 5.32 Å². The summed E-state index contributed by atoms with van der Waals surface area (Å²) < 4.78 is 0. The summed E-state index contributed by atoms with van der Waals surface area (Å²) in [4.78, 5) is 25.5. The Morgan fingerprint density at radius 3 is 2.79 bits per heavy atom. The van der Waals surface area contributed by atoms with E-state index >= 15 is 0 Å². The highest BCUT2D eigenvalue weighted by Crippen LogP contribution is 2.41. The van der Waals surface area contributed by atoms with Crippen LogP contribution in [0.2, 0.25) is 0 Å². The third-order valence-electron chi connectivity index (χ3n) is 3.40. The summed E-state index contributed by atoms with van der Waals surface area (Å²) in [7, 11) is 1.59. The molecule has 1 aliphatic heterocycles. The summed E-state index contributed by atoms with van der Waals surface area (Å²) in [6.45, 7) is 3.80. The number of hydrogen-bond donors (Lipinski definition) is 1. The smallest absolute Gasteiger partial charge is 0.242 e. The van der Waals surface area contributed by atoms with Gasteiger partial charge in [-0.2, -0.15) is 0 Å². The van der Waals surface area contributed by atoms with Gasteiger partial charge in [-0.1, -0.05) is 24.3 Å². The SMILES string of the molecule is CNC(=O)C(C)N1C(=O)CSC1c1ccccc1C. The van der Waals surface area contributed by atoms with E-state index in [0.717, 1.165) is 11.1 Å². The average Bonchev–Trinajstić information content (AvgIpc) is 2.79. The van der Waals surface area contributed by atoms with Crippen LogP contribution in [-0.2, 0) is 9.59 Å². The van der Waals surface area contributed by atoms with Crippen molar-refractivity contribution in [2.24, 2.45) is 0 Å². The van der Waals surface area contributed by atoms with Crippen molar-refractivity contribution in [3.05, 3.63) is 35.4 Å². The topological polar surface area (TPSA) is 49.4 Å². The zero-order valence-corrected chi connectivity index (χ0v) is 12.2. The molecule has 19 heavy (non-hydrogen) atoms. The number of aryl methyl sites for hydroxylation is 1. The molecule has 4 nitrogen and oxygen atoms in total. The molecule has 0 saturated carbocycles. The lowest BCUT2D eigenvalue weighted by atomic mass is 10.1. The minimum Gasteiger partial charge on any atom is -0.357 e. The molecule has 2 atom stereocenters. The van der Waals surface area contributed by atoms with Gasteiger partial charge in [0.2, 0.25) is 11.8 Å². The van der Waals surface area contributed by atoms with E-state index in [-0.39, 0.29) is 17.2 Å². The first-order valence-electron chi connectivity index (χ1n) is 6.26. The van der Waals surface area contributed by atoms with Gasteiger partial charge in [0.1, 0.15) is 11.4 Å². The van der Waals surface area contributed by atoms with Crippen LogP contribution in [-0.4, -0.2) is 35.6 Å². The zero-order valence-electron chi connectivity index (χ0n) is 11.3. The van der Waals surface area contributed by atoms with E-state index in [4.69, 9.17) is 0 Å². The summed E-state index contributed by atoms with van der Waals surface area (Å²) in [6, 6.07) is 7.55. The highest BCUT2D eigenvalue weighted by Gasteiger charge is 2.38. The molecule has 2 rings (SSSR count). The summed E-state index contributed by atoms with van der Waals surface area (Å²) in [6.07, 6.45) is 0. The lowest BCUT2D eigenvalue weighted by Crippen LogP contribution is -2.45. The summed E-state index contributed by atoms with van der Waals surface area (Å²) in [5.41, 5.74) is 2.25. The Hall–Kier alpha value is -1.49. The van der Waals surface area contributed by atoms with Crippen molar-refractivity contribution in [1.29, 1.82) is 0 Å². The molecule has 2 amide bonds. The van der Waals surface area contributed by atoms with E-state index in [2.05, 4.69) is 5.32 Å². The average molecular weight is 278 g/mol. The van der Waals surface area contributed by atoms with Crippen LogP contribution in [0.1, 0.15) is 23.4 Å². The second-order valence-corrected chi connectivity index (χ2v) is 5.68. The molecule has 102 valence electrons. The van der Waals surface area contributed by atoms with Crippen LogP contribution in [0.5, 0.6) is 0 Å². The van der Waals surface area contributed by atoms with E-state index in [9.17, 15) is 9.59 Å². The summed E-state index contributed by atoms with van der Waals surface area (Å²) in [5.74, 6) is 0.323. The van der Waals surface area contributed by atoms with Crippen LogP contribution in [0, 0.1) is 6.92 Å². The Labute approximate surface area is 117 Å². The molecule has 5 heteroatoms. The molecule has 0 spiro atoms. The Bertz CT molecular complexity index is 504. The Kier molecular flexibility index (Phi) is 4.14. The van der Waals surface area contributed by atoms with Gasteiger partial charge in [0, 0.05) is 7.05 Å². The Morgan fingerprint density at radius 1 is 1.47 bits per heavy atom. The highest BCUT2D eigenvalue weighted by atomic mass is 32.2. The fraction of sp³-hybridized carbons (Fsp3) is 0.429. The van der Waals surface area contributed by atoms with Gasteiger partial charge in [-0.3, -0.25) is 9.59 Å². The van der Waals surface area contributed by atoms with Gasteiger partial charge in [0.25, 0.3) is 0 Å². The first-order valence-corrected chi connectivity index (χ1v) is 7.31. The summed E-state index contributed by atoms with van der Waals surface area (Å²) in [5, 5.41) is 2.54. The molecule has 1 fully saturated rings. The van der Waals surface area contributed by atoms with Crippen molar-refractivity contribution in [2.75, 3.05) is 12.8 Å². The van der Waals surface area contributed by atoms with Gasteiger partial charge in [-0.25, -0.2) is 0 Å². The molecule has 1 aromatic carbocycles. The van der Waals surface area contributed by atoms with Gasteiger partial charge >= 0.3 is 0 Å². The van der Waals surface area contributed by atoms with E-state index in [1.807, 2.05) is 31.2 Å². The number of nitrogens with one attached hydrogen (secondary N) is 1. The predicted molar refractivity (Wildman–Crippen MR) is 76.8 cm³/mol. The van der Waals surface area contributed by atoms with Crippen LogP contribution >= 0.6 is 11.8 Å². The molecule has 0 bridgehead atoms. The number of likely N-dealkylation sites (N-methyl/N-ethyl adjacent to an activating group) is 1. The normalized spacial score (nSPS) is 20.5. The third-order valence-corrected chi connectivity index (χ3v) is 4.61. The first kappa shape index (κ1) is 13.9. The van der Waals surface area contributed by atoms with E-state index in [1.54, 1.807) is 30.6 Å². The largest absolute Gasteiger partial charge is 0.357 e. The molecule has 0 aliphatic carbocycles. The van der Waals surface area contributed by atoms with Crippen LogP contribution in [0.15, 0.2) is 24.3 Å². The third kappa shape index (κ3) is 2.61. The molecular formula is C14H18N2O2S. The fourth-order valence-corrected chi connectivity index (χ4v) is 3.65. The maximum Gasteiger partial charge on any atom is 0.242 e. The molecule has 2 unspecified atom stereocenters. The van der Waals surface area contributed by atoms with Crippen molar-refractivity contribution in [2.45, 2.75) is 25.3 Å². The Morgan fingerprint density at radius 2 is 2.16 bits per heavy atom. The lowest BCUT2D eigenvalue weighted by Gasteiger charge is -2.30. The van der Waals surface area contributed by atoms with Crippen molar-refractivity contribution in [1.82, 2.24) is 10.2 Å². The van der Waals surface area contributed by atoms with Crippen molar-refractivity contribution >= 4 is 23.6 Å². The van der Waals surface area contributed by atoms with Crippen LogP contribution in [0.3, 0.4) is 0 Å². The highest BCUT2D eigenvalue weighted by molar-refractivity contribution is 8.00. The number of hydrogen-bond acceptors (Lipinski definition) is 3. The van der Waals surface area contributed by atoms with Gasteiger partial charge < -0.3 is 10.2 Å². The molecule has 0 aromatic heterocycles. The maximum absolute atomic E-state index is 12.1. The minimum atomic E-state index is -0.447. The van der Waals surface area contributed by atoms with Crippen LogP contribution in [0.25, 0.3) is 0 Å². The van der Waals surface area contributed by atoms with E-state index in [0.29, 0.717) is 5.75 Å². The second-order valence-electron chi connectivity index (χ2n) is 4.61. The first-order chi connectivity index (χ1) is 9.06. The minimum absolute atomic E-state index is 0.0225. The molecule has 1 N–H and O–H groups in total. The van der Waals surface area contributed by atoms with E-state index < -0.39 is 6.04 Å². The quantitative estimate of drug-likeness (QED) is 0.915. The number of carbonyl (C=O) groups excluding carboxylic acids is 2. The summed E-state index contributed by atoms with van der Waals surface area (Å²) >= 11 is 1.58. The van der Waals surface area contributed by atoms with Gasteiger partial charge in [0.15, 0.2) is 0 Å². The molecule has 1 heterocycles.